The molecule has 0 saturated carbocycles. The highest BCUT2D eigenvalue weighted by Gasteiger charge is 2.53. The predicted octanol–water partition coefficient (Wildman–Crippen LogP) is 0.518. The Morgan fingerprint density at radius 1 is 1.56 bits per heavy atom. The maximum Gasteiger partial charge on any atom is 0.352 e. The molecule has 2 amide bonds. The van der Waals surface area contributed by atoms with Gasteiger partial charge in [0.15, 0.2) is 5.76 Å². The zero-order valence-corrected chi connectivity index (χ0v) is 15.8. The lowest BCUT2D eigenvalue weighted by Gasteiger charge is -2.48. The van der Waals surface area contributed by atoms with Crippen LogP contribution in [0.3, 0.4) is 0 Å². The van der Waals surface area contributed by atoms with E-state index < -0.39 is 29.2 Å². The third kappa shape index (κ3) is 3.98. The minimum absolute atomic E-state index is 0.0628. The SMILES string of the molecule is C=CCO/N=C(/C(=O)NC1C(=O)N2C(C(=O)O)=CCS[C@H]12)C1=CSCCO1. The zero-order valence-electron chi connectivity index (χ0n) is 14.1. The van der Waals surface area contributed by atoms with Gasteiger partial charge in [0.05, 0.1) is 6.61 Å². The maximum absolute atomic E-state index is 12.7. The third-order valence-electron chi connectivity index (χ3n) is 3.80. The van der Waals surface area contributed by atoms with Crippen molar-refractivity contribution in [2.45, 2.75) is 11.4 Å². The monoisotopic (exact) mass is 411 g/mol. The van der Waals surface area contributed by atoms with Gasteiger partial charge >= 0.3 is 5.97 Å². The molecular weight excluding hydrogens is 394 g/mol. The number of fused-ring (bicyclic) bond motifs is 1. The fraction of sp³-hybridized carbons (Fsp3) is 0.375. The summed E-state index contributed by atoms with van der Waals surface area (Å²) in [5, 5.41) is 16.8. The summed E-state index contributed by atoms with van der Waals surface area (Å²) < 4.78 is 5.46. The summed E-state index contributed by atoms with van der Waals surface area (Å²) in [6, 6.07) is -0.841. The van der Waals surface area contributed by atoms with Crippen molar-refractivity contribution in [1.29, 1.82) is 0 Å². The van der Waals surface area contributed by atoms with Crippen molar-refractivity contribution in [2.75, 3.05) is 24.7 Å². The molecule has 0 radical (unpaired) electrons. The Morgan fingerprint density at radius 2 is 2.37 bits per heavy atom. The first-order valence-corrected chi connectivity index (χ1v) is 10.1. The number of aliphatic carboxylic acids is 1. The molecule has 27 heavy (non-hydrogen) atoms. The Kier molecular flexibility index (Phi) is 6.11. The second-order valence-electron chi connectivity index (χ2n) is 5.50. The van der Waals surface area contributed by atoms with Crippen molar-refractivity contribution >= 4 is 47.0 Å². The molecule has 3 heterocycles. The standard InChI is InChI=1S/C16H17N3O6S2/c1-2-4-25-18-11(10-8-26-7-5-24-10)13(20)17-12-14(21)19-9(16(22)23)3-6-27-15(12)19/h2-3,8,12,15H,1,4-7H2,(H,17,20)(H,22,23)/b18-11+/t12?,15-/m1/s1. The highest BCUT2D eigenvalue weighted by Crippen LogP contribution is 2.37. The van der Waals surface area contributed by atoms with Gasteiger partial charge in [-0.05, 0) is 6.08 Å². The van der Waals surface area contributed by atoms with E-state index in [1.165, 1.54) is 40.6 Å². The van der Waals surface area contributed by atoms with Gasteiger partial charge in [-0.1, -0.05) is 17.8 Å². The number of amides is 2. The Labute approximate surface area is 163 Å². The first-order valence-electron chi connectivity index (χ1n) is 7.99. The Morgan fingerprint density at radius 3 is 3.04 bits per heavy atom. The molecule has 0 aromatic heterocycles. The van der Waals surface area contributed by atoms with Gasteiger partial charge < -0.3 is 20.0 Å². The summed E-state index contributed by atoms with van der Waals surface area (Å²) in [4.78, 5) is 42.5. The van der Waals surface area contributed by atoms with E-state index in [4.69, 9.17) is 9.57 Å². The van der Waals surface area contributed by atoms with Crippen molar-refractivity contribution in [3.8, 4) is 0 Å². The lowest BCUT2D eigenvalue weighted by Crippen LogP contribution is -2.70. The van der Waals surface area contributed by atoms with Gasteiger partial charge in [0, 0.05) is 16.9 Å². The fourth-order valence-electron chi connectivity index (χ4n) is 2.59. The van der Waals surface area contributed by atoms with Crippen LogP contribution in [0.25, 0.3) is 0 Å². The van der Waals surface area contributed by atoms with Crippen molar-refractivity contribution in [3.63, 3.8) is 0 Å². The van der Waals surface area contributed by atoms with Crippen molar-refractivity contribution in [2.24, 2.45) is 5.16 Å². The number of oxime groups is 1. The molecule has 11 heteroatoms. The largest absolute Gasteiger partial charge is 0.490 e. The second-order valence-corrected chi connectivity index (χ2v) is 7.63. The number of hydrogen-bond donors (Lipinski definition) is 2. The topological polar surface area (TPSA) is 118 Å². The number of carboxylic acids is 1. The van der Waals surface area contributed by atoms with Gasteiger partial charge in [-0.3, -0.25) is 14.5 Å². The lowest BCUT2D eigenvalue weighted by molar-refractivity contribution is -0.150. The van der Waals surface area contributed by atoms with Crippen LogP contribution in [-0.2, 0) is 24.0 Å². The Bertz CT molecular complexity index is 763. The van der Waals surface area contributed by atoms with Crippen molar-refractivity contribution in [3.05, 3.63) is 35.6 Å². The predicted molar refractivity (Wildman–Crippen MR) is 101 cm³/mol. The molecule has 0 bridgehead atoms. The average molecular weight is 411 g/mol. The minimum atomic E-state index is -1.17. The normalized spacial score (nSPS) is 24.5. The molecule has 3 aliphatic heterocycles. The van der Waals surface area contributed by atoms with E-state index in [0.29, 0.717) is 12.4 Å². The Hall–Kier alpha value is -2.40. The fourth-order valence-corrected chi connectivity index (χ4v) is 4.42. The molecule has 1 fully saturated rings. The van der Waals surface area contributed by atoms with Crippen LogP contribution in [-0.4, -0.2) is 69.6 Å². The molecule has 2 N–H and O–H groups in total. The molecule has 1 unspecified atom stereocenters. The number of nitrogens with one attached hydrogen (secondary N) is 1. The van der Waals surface area contributed by atoms with Crippen molar-refractivity contribution in [1.82, 2.24) is 10.2 Å². The highest BCUT2D eigenvalue weighted by molar-refractivity contribution is 8.02. The van der Waals surface area contributed by atoms with Gasteiger partial charge in [0.2, 0.25) is 5.71 Å². The second kappa shape index (κ2) is 8.53. The summed E-state index contributed by atoms with van der Waals surface area (Å²) in [5.41, 5.74) is -0.141. The molecular formula is C16H17N3O6S2. The molecule has 0 aliphatic carbocycles. The molecule has 9 nitrogen and oxygen atoms in total. The maximum atomic E-state index is 12.7. The van der Waals surface area contributed by atoms with Crippen LogP contribution >= 0.6 is 23.5 Å². The molecule has 0 aromatic carbocycles. The van der Waals surface area contributed by atoms with Gasteiger partial charge in [-0.2, -0.15) is 0 Å². The molecule has 2 atom stereocenters. The van der Waals surface area contributed by atoms with Gasteiger partial charge in [-0.25, -0.2) is 4.79 Å². The number of nitrogens with zero attached hydrogens (tertiary/aromatic N) is 2. The van der Waals surface area contributed by atoms with Crippen LogP contribution in [0, 0.1) is 0 Å². The number of carbonyl (C=O) groups excluding carboxylic acids is 2. The third-order valence-corrected chi connectivity index (χ3v) is 5.76. The van der Waals surface area contributed by atoms with Crippen LogP contribution in [0.5, 0.6) is 0 Å². The van der Waals surface area contributed by atoms with Crippen molar-refractivity contribution < 1.29 is 29.1 Å². The number of β-lactam (4-membered cyclic amide) rings is 1. The smallest absolute Gasteiger partial charge is 0.352 e. The summed E-state index contributed by atoms with van der Waals surface area (Å²) >= 11 is 2.85. The minimum Gasteiger partial charge on any atom is -0.490 e. The molecule has 3 rings (SSSR count). The lowest BCUT2D eigenvalue weighted by atomic mass is 10.0. The van der Waals surface area contributed by atoms with E-state index >= 15 is 0 Å². The number of carboxylic acid groups (broad SMARTS) is 1. The van der Waals surface area contributed by atoms with Gasteiger partial charge in [-0.15, -0.1) is 23.5 Å². The molecule has 0 spiro atoms. The first-order chi connectivity index (χ1) is 13.0. The quantitative estimate of drug-likeness (QED) is 0.205. The number of rotatable bonds is 7. The first kappa shape index (κ1) is 19.4. The van der Waals surface area contributed by atoms with Gasteiger partial charge in [0.1, 0.15) is 23.7 Å². The molecule has 144 valence electrons. The van der Waals surface area contributed by atoms with E-state index in [-0.39, 0.29) is 23.8 Å². The molecule has 3 aliphatic rings. The summed E-state index contributed by atoms with van der Waals surface area (Å²) in [6.07, 6.45) is 2.96. The van der Waals surface area contributed by atoms with E-state index in [9.17, 15) is 19.5 Å². The Balaban J connectivity index is 1.73. The summed E-state index contributed by atoms with van der Waals surface area (Å²) in [5.74, 6) is -0.816. The van der Waals surface area contributed by atoms with E-state index in [2.05, 4.69) is 17.1 Å². The van der Waals surface area contributed by atoms with Crippen LogP contribution in [0.1, 0.15) is 0 Å². The number of ether oxygens (including phenoxy) is 1. The van der Waals surface area contributed by atoms with E-state index in [1.54, 1.807) is 5.41 Å². The zero-order chi connectivity index (χ0) is 19.4. The summed E-state index contributed by atoms with van der Waals surface area (Å²) in [7, 11) is 0. The van der Waals surface area contributed by atoms with E-state index in [0.717, 1.165) is 5.75 Å². The van der Waals surface area contributed by atoms with Crippen LogP contribution in [0.2, 0.25) is 0 Å². The van der Waals surface area contributed by atoms with Crippen LogP contribution < -0.4 is 5.32 Å². The molecule has 0 aromatic rings. The van der Waals surface area contributed by atoms with E-state index in [1.807, 2.05) is 0 Å². The molecule has 1 saturated heterocycles. The van der Waals surface area contributed by atoms with Gasteiger partial charge in [0.25, 0.3) is 11.8 Å². The number of hydrogen-bond acceptors (Lipinski definition) is 8. The number of carbonyl (C=O) groups is 3. The number of thioether (sulfide) groups is 2. The van der Waals surface area contributed by atoms with Crippen LogP contribution in [0.15, 0.2) is 40.8 Å². The summed E-state index contributed by atoms with van der Waals surface area (Å²) in [6.45, 7) is 4.04. The average Bonchev–Trinajstić information content (AvgIpc) is 2.69. The highest BCUT2D eigenvalue weighted by atomic mass is 32.2. The van der Waals surface area contributed by atoms with Crippen LogP contribution in [0.4, 0.5) is 0 Å².